The van der Waals surface area contributed by atoms with Gasteiger partial charge in [0.15, 0.2) is 5.82 Å². The maximum absolute atomic E-state index is 12.4. The first-order valence-electron chi connectivity index (χ1n) is 8.38. The number of primary amides is 1. The number of nitrogens with zero attached hydrogens (tertiary/aromatic N) is 2. The Kier molecular flexibility index (Phi) is 6.32. The van der Waals surface area contributed by atoms with Crippen molar-refractivity contribution in [2.24, 2.45) is 5.73 Å². The molecular formula is C18H19N5O3S2. The van der Waals surface area contributed by atoms with Crippen molar-refractivity contribution >= 4 is 39.9 Å². The Morgan fingerprint density at radius 1 is 1.36 bits per heavy atom. The second kappa shape index (κ2) is 8.89. The normalized spacial score (nSPS) is 11.8. The third kappa shape index (κ3) is 4.90. The molecule has 0 radical (unpaired) electrons. The molecule has 1 aromatic carbocycles. The number of aromatic amines is 1. The molecule has 0 saturated carbocycles. The van der Waals surface area contributed by atoms with E-state index in [-0.39, 0.29) is 12.5 Å². The standard InChI is InChI=1S/C18H19N5O3S2/c1-10-5-3-4-6-13(10)26-9-14-20-18(23-22-14)28-11(2)16(25)21-17-12(15(19)24)7-8-27-17/h3-8,11H,9H2,1-2H3,(H2,19,24)(H,21,25)(H,20,22,23)/t11-/m0/s1. The largest absolute Gasteiger partial charge is 0.485 e. The van der Waals surface area contributed by atoms with Gasteiger partial charge in [-0.05, 0) is 36.9 Å². The van der Waals surface area contributed by atoms with Crippen LogP contribution in [0.2, 0.25) is 0 Å². The van der Waals surface area contributed by atoms with Crippen molar-refractivity contribution in [1.29, 1.82) is 0 Å². The van der Waals surface area contributed by atoms with Crippen molar-refractivity contribution in [3.63, 3.8) is 0 Å². The van der Waals surface area contributed by atoms with Gasteiger partial charge in [0.25, 0.3) is 5.91 Å². The van der Waals surface area contributed by atoms with Crippen molar-refractivity contribution in [3.8, 4) is 5.75 Å². The Morgan fingerprint density at radius 2 is 2.14 bits per heavy atom. The molecular weight excluding hydrogens is 398 g/mol. The van der Waals surface area contributed by atoms with Gasteiger partial charge in [0.1, 0.15) is 17.4 Å². The zero-order valence-corrected chi connectivity index (χ0v) is 16.9. The van der Waals surface area contributed by atoms with Gasteiger partial charge in [-0.25, -0.2) is 4.98 Å². The fourth-order valence-electron chi connectivity index (χ4n) is 2.28. The maximum Gasteiger partial charge on any atom is 0.251 e. The number of rotatable bonds is 8. The zero-order valence-electron chi connectivity index (χ0n) is 15.3. The molecule has 0 spiro atoms. The molecule has 4 N–H and O–H groups in total. The molecule has 0 bridgehead atoms. The molecule has 0 aliphatic heterocycles. The molecule has 10 heteroatoms. The van der Waals surface area contributed by atoms with Crippen molar-refractivity contribution in [2.45, 2.75) is 30.9 Å². The summed E-state index contributed by atoms with van der Waals surface area (Å²) < 4.78 is 5.73. The van der Waals surface area contributed by atoms with Gasteiger partial charge in [0, 0.05) is 0 Å². The van der Waals surface area contributed by atoms with E-state index in [2.05, 4.69) is 20.5 Å². The lowest BCUT2D eigenvalue weighted by atomic mass is 10.2. The first kappa shape index (κ1) is 19.9. The van der Waals surface area contributed by atoms with Gasteiger partial charge in [-0.1, -0.05) is 30.0 Å². The number of aromatic nitrogens is 3. The topological polar surface area (TPSA) is 123 Å². The van der Waals surface area contributed by atoms with E-state index in [0.717, 1.165) is 11.3 Å². The van der Waals surface area contributed by atoms with Gasteiger partial charge >= 0.3 is 0 Å². The third-order valence-corrected chi connectivity index (χ3v) is 5.58. The minimum Gasteiger partial charge on any atom is -0.485 e. The number of hydrogen-bond donors (Lipinski definition) is 3. The molecule has 0 saturated heterocycles. The molecule has 2 amide bonds. The minimum absolute atomic E-state index is 0.246. The summed E-state index contributed by atoms with van der Waals surface area (Å²) in [7, 11) is 0. The molecule has 146 valence electrons. The Balaban J connectivity index is 1.55. The van der Waals surface area contributed by atoms with E-state index in [1.807, 2.05) is 31.2 Å². The van der Waals surface area contributed by atoms with Crippen molar-refractivity contribution in [3.05, 3.63) is 52.7 Å². The van der Waals surface area contributed by atoms with E-state index in [4.69, 9.17) is 10.5 Å². The van der Waals surface area contributed by atoms with Crippen molar-refractivity contribution in [1.82, 2.24) is 15.2 Å². The number of para-hydroxylation sites is 1. The number of nitrogens with two attached hydrogens (primary N) is 1. The van der Waals surface area contributed by atoms with Crippen LogP contribution in [0.5, 0.6) is 5.75 Å². The average molecular weight is 418 g/mol. The van der Waals surface area contributed by atoms with Crippen LogP contribution in [0.15, 0.2) is 40.9 Å². The lowest BCUT2D eigenvalue weighted by molar-refractivity contribution is -0.115. The van der Waals surface area contributed by atoms with Gasteiger partial charge in [0.2, 0.25) is 11.1 Å². The molecule has 3 aromatic rings. The number of amides is 2. The van der Waals surface area contributed by atoms with Crippen LogP contribution in [-0.4, -0.2) is 32.2 Å². The highest BCUT2D eigenvalue weighted by Gasteiger charge is 2.20. The summed E-state index contributed by atoms with van der Waals surface area (Å²) in [5.41, 5.74) is 6.62. The van der Waals surface area contributed by atoms with Crippen LogP contribution in [0.1, 0.15) is 28.7 Å². The molecule has 28 heavy (non-hydrogen) atoms. The second-order valence-electron chi connectivity index (χ2n) is 5.90. The number of anilines is 1. The first-order valence-corrected chi connectivity index (χ1v) is 10.1. The highest BCUT2D eigenvalue weighted by molar-refractivity contribution is 8.00. The molecule has 0 aliphatic carbocycles. The van der Waals surface area contributed by atoms with Crippen LogP contribution >= 0.6 is 23.1 Å². The number of carbonyl (C=O) groups is 2. The lowest BCUT2D eigenvalue weighted by Gasteiger charge is -2.09. The van der Waals surface area contributed by atoms with E-state index in [1.54, 1.807) is 18.4 Å². The zero-order chi connectivity index (χ0) is 20.1. The third-order valence-electron chi connectivity index (χ3n) is 3.79. The van der Waals surface area contributed by atoms with E-state index < -0.39 is 11.2 Å². The van der Waals surface area contributed by atoms with Crippen LogP contribution in [0.25, 0.3) is 0 Å². The van der Waals surface area contributed by atoms with E-state index in [0.29, 0.717) is 21.5 Å². The molecule has 1 atom stereocenters. The average Bonchev–Trinajstić information content (AvgIpc) is 3.30. The number of thiophene rings is 1. The Labute approximate surface area is 169 Å². The number of thioether (sulfide) groups is 1. The summed E-state index contributed by atoms with van der Waals surface area (Å²) in [5.74, 6) is 0.497. The summed E-state index contributed by atoms with van der Waals surface area (Å²) in [6, 6.07) is 9.28. The second-order valence-corrected chi connectivity index (χ2v) is 8.12. The number of aryl methyl sites for hydroxylation is 1. The van der Waals surface area contributed by atoms with Crippen molar-refractivity contribution in [2.75, 3.05) is 5.32 Å². The van der Waals surface area contributed by atoms with Gasteiger partial charge in [0.05, 0.1) is 10.8 Å². The van der Waals surface area contributed by atoms with Crippen LogP contribution in [-0.2, 0) is 11.4 Å². The SMILES string of the molecule is Cc1ccccc1OCc1nc(S[C@@H](C)C(=O)Nc2sccc2C(N)=O)n[nH]1. The van der Waals surface area contributed by atoms with Gasteiger partial charge in [-0.3, -0.25) is 14.7 Å². The highest BCUT2D eigenvalue weighted by Crippen LogP contribution is 2.26. The van der Waals surface area contributed by atoms with Crippen LogP contribution < -0.4 is 15.8 Å². The van der Waals surface area contributed by atoms with Crippen LogP contribution in [0.3, 0.4) is 0 Å². The number of ether oxygens (including phenoxy) is 1. The highest BCUT2D eigenvalue weighted by atomic mass is 32.2. The first-order chi connectivity index (χ1) is 13.4. The summed E-state index contributed by atoms with van der Waals surface area (Å²) in [6.07, 6.45) is 0. The van der Waals surface area contributed by atoms with E-state index >= 15 is 0 Å². The molecule has 3 rings (SSSR count). The van der Waals surface area contributed by atoms with Crippen LogP contribution in [0.4, 0.5) is 5.00 Å². The Hall–Kier alpha value is -2.85. The molecule has 0 aliphatic rings. The smallest absolute Gasteiger partial charge is 0.251 e. The molecule has 0 unspecified atom stereocenters. The number of H-pyrrole nitrogens is 1. The summed E-state index contributed by atoms with van der Waals surface area (Å²) in [4.78, 5) is 28.1. The predicted octanol–water partition coefficient (Wildman–Crippen LogP) is 2.97. The summed E-state index contributed by atoms with van der Waals surface area (Å²) in [5, 5.41) is 11.7. The fourth-order valence-corrected chi connectivity index (χ4v) is 3.82. The molecule has 2 heterocycles. The monoisotopic (exact) mass is 417 g/mol. The maximum atomic E-state index is 12.4. The minimum atomic E-state index is -0.580. The fraction of sp³-hybridized carbons (Fsp3) is 0.222. The molecule has 0 fully saturated rings. The molecule has 8 nitrogen and oxygen atoms in total. The summed E-state index contributed by atoms with van der Waals surface area (Å²) >= 11 is 2.44. The van der Waals surface area contributed by atoms with E-state index in [1.165, 1.54) is 23.1 Å². The van der Waals surface area contributed by atoms with Crippen LogP contribution in [0, 0.1) is 6.92 Å². The molecule has 2 aromatic heterocycles. The predicted molar refractivity (Wildman–Crippen MR) is 109 cm³/mol. The van der Waals surface area contributed by atoms with Crippen molar-refractivity contribution < 1.29 is 14.3 Å². The van der Waals surface area contributed by atoms with Gasteiger partial charge in [-0.15, -0.1) is 16.4 Å². The quantitative estimate of drug-likeness (QED) is 0.484. The number of hydrogen-bond acceptors (Lipinski definition) is 7. The number of carbonyl (C=O) groups excluding carboxylic acids is 2. The van der Waals surface area contributed by atoms with E-state index in [9.17, 15) is 9.59 Å². The van der Waals surface area contributed by atoms with Gasteiger partial charge in [-0.2, -0.15) is 0 Å². The Bertz CT molecular complexity index is 985. The number of benzene rings is 1. The Morgan fingerprint density at radius 3 is 2.89 bits per heavy atom. The summed E-state index contributed by atoms with van der Waals surface area (Å²) in [6.45, 7) is 3.95. The lowest BCUT2D eigenvalue weighted by Crippen LogP contribution is -2.23. The van der Waals surface area contributed by atoms with Gasteiger partial charge < -0.3 is 15.8 Å². The number of nitrogens with one attached hydrogen (secondary N) is 2.